The summed E-state index contributed by atoms with van der Waals surface area (Å²) in [6, 6.07) is 0. The summed E-state index contributed by atoms with van der Waals surface area (Å²) in [5.74, 6) is -0.981. The Bertz CT molecular complexity index is 108. The molecule has 0 rings (SSSR count). The molecule has 0 spiro atoms. The third-order valence-electron chi connectivity index (χ3n) is 0.811. The third-order valence-corrected chi connectivity index (χ3v) is 0.811. The van der Waals surface area contributed by atoms with Gasteiger partial charge in [-0.2, -0.15) is 0 Å². The average molecular weight is 176 g/mol. The summed E-state index contributed by atoms with van der Waals surface area (Å²) in [7, 11) is 1.67. The molecule has 0 aliphatic carbocycles. The first-order chi connectivity index (χ1) is 5.68. The second-order valence-electron chi connectivity index (χ2n) is 1.73. The fourth-order valence-corrected chi connectivity index (χ4v) is 0.287. The van der Waals surface area contributed by atoms with Crippen molar-refractivity contribution in [1.29, 1.82) is 0 Å². The molecule has 12 heavy (non-hydrogen) atoms. The quantitative estimate of drug-likeness (QED) is 0.500. The first-order valence-electron chi connectivity index (χ1n) is 3.61. The number of rotatable bonds is 5. The number of aliphatic carboxylic acids is 1. The number of carboxylic acids is 1. The SMILES string of the molecule is C=CC(=O)O.CCOCCOC. The zero-order chi connectivity index (χ0) is 9.82. The van der Waals surface area contributed by atoms with Crippen LogP contribution >= 0.6 is 0 Å². The van der Waals surface area contributed by atoms with Crippen molar-refractivity contribution in [3.05, 3.63) is 12.7 Å². The van der Waals surface area contributed by atoms with Gasteiger partial charge in [0.05, 0.1) is 13.2 Å². The van der Waals surface area contributed by atoms with Gasteiger partial charge in [0.2, 0.25) is 0 Å². The molecule has 0 saturated carbocycles. The predicted octanol–water partition coefficient (Wildman–Crippen LogP) is 0.926. The summed E-state index contributed by atoms with van der Waals surface area (Å²) >= 11 is 0. The van der Waals surface area contributed by atoms with E-state index < -0.39 is 5.97 Å². The zero-order valence-electron chi connectivity index (χ0n) is 7.58. The van der Waals surface area contributed by atoms with Gasteiger partial charge in [-0.15, -0.1) is 0 Å². The normalized spacial score (nSPS) is 8.17. The van der Waals surface area contributed by atoms with Crippen LogP contribution in [0, 0.1) is 0 Å². The van der Waals surface area contributed by atoms with Gasteiger partial charge in [0.15, 0.2) is 0 Å². The van der Waals surface area contributed by atoms with E-state index in [1.165, 1.54) is 0 Å². The highest BCUT2D eigenvalue weighted by Crippen LogP contribution is 1.71. The number of hydrogen-bond donors (Lipinski definition) is 1. The van der Waals surface area contributed by atoms with E-state index >= 15 is 0 Å². The molecule has 0 amide bonds. The Morgan fingerprint density at radius 1 is 1.58 bits per heavy atom. The van der Waals surface area contributed by atoms with E-state index in [2.05, 4.69) is 6.58 Å². The van der Waals surface area contributed by atoms with Crippen LogP contribution in [0.15, 0.2) is 12.7 Å². The molecule has 0 unspecified atom stereocenters. The van der Waals surface area contributed by atoms with Gasteiger partial charge in [-0.1, -0.05) is 6.58 Å². The summed E-state index contributed by atoms with van der Waals surface area (Å²) in [5.41, 5.74) is 0. The first kappa shape index (κ1) is 13.7. The average Bonchev–Trinajstić information content (AvgIpc) is 2.07. The molecule has 0 aromatic carbocycles. The minimum Gasteiger partial charge on any atom is -0.478 e. The lowest BCUT2D eigenvalue weighted by Gasteiger charge is -1.96. The van der Waals surface area contributed by atoms with Crippen LogP contribution in [-0.4, -0.2) is 38.0 Å². The zero-order valence-corrected chi connectivity index (χ0v) is 7.58. The Hall–Kier alpha value is -0.870. The van der Waals surface area contributed by atoms with E-state index in [4.69, 9.17) is 14.6 Å². The van der Waals surface area contributed by atoms with Gasteiger partial charge in [0, 0.05) is 19.8 Å². The number of hydrogen-bond acceptors (Lipinski definition) is 3. The van der Waals surface area contributed by atoms with Crippen molar-refractivity contribution in [3.63, 3.8) is 0 Å². The molecule has 0 bridgehead atoms. The van der Waals surface area contributed by atoms with Crippen molar-refractivity contribution >= 4 is 5.97 Å². The van der Waals surface area contributed by atoms with Gasteiger partial charge < -0.3 is 14.6 Å². The Labute approximate surface area is 72.8 Å². The van der Waals surface area contributed by atoms with Crippen LogP contribution in [0.1, 0.15) is 6.92 Å². The number of ether oxygens (including phenoxy) is 2. The molecule has 0 fully saturated rings. The third kappa shape index (κ3) is 22.9. The predicted molar refractivity (Wildman–Crippen MR) is 46.2 cm³/mol. The fourth-order valence-electron chi connectivity index (χ4n) is 0.287. The van der Waals surface area contributed by atoms with E-state index in [0.717, 1.165) is 12.7 Å². The maximum atomic E-state index is 9.25. The second kappa shape index (κ2) is 12.8. The number of methoxy groups -OCH3 is 1. The van der Waals surface area contributed by atoms with Crippen molar-refractivity contribution in [3.8, 4) is 0 Å². The summed E-state index contributed by atoms with van der Waals surface area (Å²) in [5, 5.41) is 7.60. The minimum atomic E-state index is -0.981. The summed E-state index contributed by atoms with van der Waals surface area (Å²) in [6.07, 6.45) is 0.833. The molecule has 0 aliphatic heterocycles. The van der Waals surface area contributed by atoms with E-state index in [-0.39, 0.29) is 0 Å². The van der Waals surface area contributed by atoms with E-state index in [9.17, 15) is 4.79 Å². The Morgan fingerprint density at radius 2 is 2.08 bits per heavy atom. The monoisotopic (exact) mass is 176 g/mol. The lowest BCUT2D eigenvalue weighted by atomic mass is 10.7. The maximum Gasteiger partial charge on any atom is 0.327 e. The lowest BCUT2D eigenvalue weighted by molar-refractivity contribution is -0.131. The van der Waals surface area contributed by atoms with E-state index in [1.807, 2.05) is 6.92 Å². The van der Waals surface area contributed by atoms with Crippen molar-refractivity contribution < 1.29 is 19.4 Å². The molecule has 0 atom stereocenters. The highest BCUT2D eigenvalue weighted by Gasteiger charge is 1.78. The molecule has 0 aromatic heterocycles. The van der Waals surface area contributed by atoms with Crippen molar-refractivity contribution in [1.82, 2.24) is 0 Å². The molecule has 1 N–H and O–H groups in total. The largest absolute Gasteiger partial charge is 0.478 e. The van der Waals surface area contributed by atoms with Gasteiger partial charge in [-0.25, -0.2) is 4.79 Å². The Morgan fingerprint density at radius 3 is 2.33 bits per heavy atom. The smallest absolute Gasteiger partial charge is 0.327 e. The van der Waals surface area contributed by atoms with Crippen molar-refractivity contribution in [2.45, 2.75) is 6.92 Å². The fraction of sp³-hybridized carbons (Fsp3) is 0.625. The topological polar surface area (TPSA) is 55.8 Å². The standard InChI is InChI=1S/C5H12O2.C3H4O2/c1-3-7-5-4-6-2;1-2-3(4)5/h3-5H2,1-2H3;2H,1H2,(H,4,5). The Balaban J connectivity index is 0. The highest BCUT2D eigenvalue weighted by atomic mass is 16.5. The second-order valence-corrected chi connectivity index (χ2v) is 1.73. The molecule has 0 saturated heterocycles. The van der Waals surface area contributed by atoms with Gasteiger partial charge in [-0.05, 0) is 6.92 Å². The van der Waals surface area contributed by atoms with Crippen LogP contribution in [0.5, 0.6) is 0 Å². The molecule has 4 heteroatoms. The van der Waals surface area contributed by atoms with Crippen LogP contribution in [0.4, 0.5) is 0 Å². The number of carbonyl (C=O) groups is 1. The maximum absolute atomic E-state index is 9.25. The Kier molecular flexibility index (Phi) is 14.6. The molecule has 0 aliphatic rings. The summed E-state index contributed by atoms with van der Waals surface area (Å²) in [6.45, 7) is 7.13. The summed E-state index contributed by atoms with van der Waals surface area (Å²) in [4.78, 5) is 9.25. The van der Waals surface area contributed by atoms with E-state index in [1.54, 1.807) is 7.11 Å². The van der Waals surface area contributed by atoms with Gasteiger partial charge >= 0.3 is 5.97 Å². The first-order valence-corrected chi connectivity index (χ1v) is 3.61. The van der Waals surface area contributed by atoms with Crippen LogP contribution in [0.25, 0.3) is 0 Å². The van der Waals surface area contributed by atoms with Gasteiger partial charge in [0.25, 0.3) is 0 Å². The van der Waals surface area contributed by atoms with Crippen LogP contribution < -0.4 is 0 Å². The molecular formula is C8H16O4. The molecule has 72 valence electrons. The van der Waals surface area contributed by atoms with Crippen LogP contribution in [0.2, 0.25) is 0 Å². The van der Waals surface area contributed by atoms with Crippen LogP contribution in [-0.2, 0) is 14.3 Å². The molecule has 0 heterocycles. The lowest BCUT2D eigenvalue weighted by Crippen LogP contribution is -2.00. The van der Waals surface area contributed by atoms with Crippen molar-refractivity contribution in [2.24, 2.45) is 0 Å². The summed E-state index contributed by atoms with van der Waals surface area (Å²) < 4.78 is 9.67. The van der Waals surface area contributed by atoms with Gasteiger partial charge in [0.1, 0.15) is 0 Å². The number of carboxylic acid groups (broad SMARTS) is 1. The molecule has 4 nitrogen and oxygen atoms in total. The minimum absolute atomic E-state index is 0.702. The molecule has 0 aromatic rings. The molecule has 0 radical (unpaired) electrons. The van der Waals surface area contributed by atoms with Crippen LogP contribution in [0.3, 0.4) is 0 Å². The van der Waals surface area contributed by atoms with Gasteiger partial charge in [-0.3, -0.25) is 0 Å². The molecular weight excluding hydrogens is 160 g/mol. The van der Waals surface area contributed by atoms with Crippen molar-refractivity contribution in [2.75, 3.05) is 26.9 Å². The van der Waals surface area contributed by atoms with E-state index in [0.29, 0.717) is 13.2 Å². The highest BCUT2D eigenvalue weighted by molar-refractivity contribution is 5.78.